The molecule has 0 saturated heterocycles. The zero-order chi connectivity index (χ0) is 6.95. The number of hydrogen-bond acceptors (Lipinski definition) is 0. The van der Waals surface area contributed by atoms with Crippen molar-refractivity contribution in [1.82, 2.24) is 0 Å². The van der Waals surface area contributed by atoms with Gasteiger partial charge in [-0.1, -0.05) is 0 Å². The first-order valence-corrected chi connectivity index (χ1v) is 8.16. The molecule has 0 aliphatic heterocycles. The van der Waals surface area contributed by atoms with Crippen LogP contribution in [-0.4, -0.2) is 21.1 Å². The molecule has 1 heteroatoms. The van der Waals surface area contributed by atoms with Gasteiger partial charge in [0.15, 0.2) is 0 Å². The third-order valence-corrected chi connectivity index (χ3v) is 5.45. The predicted octanol–water partition coefficient (Wildman–Crippen LogP) is 3.13. The van der Waals surface area contributed by atoms with Crippen molar-refractivity contribution in [2.45, 2.75) is 48.4 Å². The Balaban J connectivity index is 2.60. The molecule has 53 valence electrons. The van der Waals surface area contributed by atoms with Gasteiger partial charge in [-0.05, 0) is 0 Å². The maximum absolute atomic E-state index is 2.29. The second-order valence-electron chi connectivity index (χ2n) is 2.46. The molecule has 9 heavy (non-hydrogen) atoms. The van der Waals surface area contributed by atoms with Crippen molar-refractivity contribution in [3.63, 3.8) is 0 Å². The quantitative estimate of drug-likeness (QED) is 0.488. The Morgan fingerprint density at radius 1 is 0.889 bits per heavy atom. The van der Waals surface area contributed by atoms with Crippen LogP contribution >= 0.6 is 0 Å². The molecular weight excluding hydrogens is 215 g/mol. The van der Waals surface area contributed by atoms with E-state index in [1.807, 2.05) is 0 Å². The fourth-order valence-corrected chi connectivity index (χ4v) is 4.89. The van der Waals surface area contributed by atoms with Gasteiger partial charge in [-0.25, -0.2) is 0 Å². The van der Waals surface area contributed by atoms with E-state index in [2.05, 4.69) is 13.8 Å². The Bertz CT molecular complexity index is 37.8. The van der Waals surface area contributed by atoms with E-state index >= 15 is 0 Å². The van der Waals surface area contributed by atoms with E-state index < -0.39 is 0 Å². The van der Waals surface area contributed by atoms with Gasteiger partial charge in [-0.2, -0.15) is 0 Å². The van der Waals surface area contributed by atoms with Crippen LogP contribution in [0.4, 0.5) is 0 Å². The van der Waals surface area contributed by atoms with E-state index in [1.54, 1.807) is 8.87 Å². The summed E-state index contributed by atoms with van der Waals surface area (Å²) in [6.07, 6.45) is 5.84. The molecule has 0 saturated carbocycles. The summed E-state index contributed by atoms with van der Waals surface area (Å²) in [6, 6.07) is 0. The van der Waals surface area contributed by atoms with Crippen molar-refractivity contribution in [1.29, 1.82) is 0 Å². The summed E-state index contributed by atoms with van der Waals surface area (Å²) in [5.41, 5.74) is 0. The molecule has 0 atom stereocenters. The van der Waals surface area contributed by atoms with Gasteiger partial charge in [-0.15, -0.1) is 0 Å². The summed E-state index contributed by atoms with van der Waals surface area (Å²) >= 11 is 0.149. The van der Waals surface area contributed by atoms with Crippen molar-refractivity contribution >= 4 is 21.1 Å². The SMILES string of the molecule is CCC[CH2][Sn+][CH2]CCC. The molecule has 0 heterocycles. The maximum atomic E-state index is 2.29. The van der Waals surface area contributed by atoms with Gasteiger partial charge in [0.25, 0.3) is 0 Å². The molecule has 0 aliphatic rings. The molecule has 0 aliphatic carbocycles. The molecule has 0 aromatic carbocycles. The van der Waals surface area contributed by atoms with Crippen molar-refractivity contribution in [2.75, 3.05) is 0 Å². The van der Waals surface area contributed by atoms with Crippen LogP contribution < -0.4 is 0 Å². The Hall–Kier alpha value is 0.799. The molecule has 0 amide bonds. The monoisotopic (exact) mass is 234 g/mol. The second-order valence-corrected chi connectivity index (χ2v) is 6.74. The average molecular weight is 233 g/mol. The minimum atomic E-state index is 0.149. The second kappa shape index (κ2) is 8.80. The van der Waals surface area contributed by atoms with Gasteiger partial charge in [0.2, 0.25) is 0 Å². The fraction of sp³-hybridized carbons (Fsp3) is 1.00. The first-order chi connectivity index (χ1) is 4.41. The van der Waals surface area contributed by atoms with Crippen molar-refractivity contribution in [2.24, 2.45) is 0 Å². The molecule has 0 N–H and O–H groups in total. The summed E-state index contributed by atoms with van der Waals surface area (Å²) in [5.74, 6) is 0. The normalized spacial score (nSPS) is 9.56. The zero-order valence-electron chi connectivity index (χ0n) is 6.74. The fourth-order valence-electron chi connectivity index (χ4n) is 0.729. The van der Waals surface area contributed by atoms with Gasteiger partial charge in [-0.3, -0.25) is 0 Å². The Morgan fingerprint density at radius 2 is 1.33 bits per heavy atom. The summed E-state index contributed by atoms with van der Waals surface area (Å²) in [5, 5.41) is 0. The van der Waals surface area contributed by atoms with E-state index in [0.717, 1.165) is 0 Å². The number of rotatable bonds is 6. The van der Waals surface area contributed by atoms with Gasteiger partial charge >= 0.3 is 69.5 Å². The van der Waals surface area contributed by atoms with E-state index in [4.69, 9.17) is 0 Å². The number of hydrogen-bond donors (Lipinski definition) is 0. The molecule has 1 radical (unpaired) electrons. The van der Waals surface area contributed by atoms with Crippen LogP contribution in [0, 0.1) is 0 Å². The molecule has 0 nitrogen and oxygen atoms in total. The van der Waals surface area contributed by atoms with Gasteiger partial charge in [0.05, 0.1) is 0 Å². The molecule has 0 spiro atoms. The first-order valence-electron chi connectivity index (χ1n) is 4.12. The van der Waals surface area contributed by atoms with Crippen LogP contribution in [0.3, 0.4) is 0 Å². The molecule has 0 aromatic rings. The molecule has 0 aromatic heterocycles. The topological polar surface area (TPSA) is 0 Å². The minimum absolute atomic E-state index is 0.149. The van der Waals surface area contributed by atoms with E-state index in [1.165, 1.54) is 25.7 Å². The Labute approximate surface area is 69.6 Å². The summed E-state index contributed by atoms with van der Waals surface area (Å²) in [7, 11) is 0. The Kier molecular flexibility index (Phi) is 9.58. The van der Waals surface area contributed by atoms with Gasteiger partial charge in [0, 0.05) is 0 Å². The van der Waals surface area contributed by atoms with Gasteiger partial charge < -0.3 is 0 Å². The van der Waals surface area contributed by atoms with Crippen LogP contribution in [0.25, 0.3) is 0 Å². The average Bonchev–Trinajstić information content (AvgIpc) is 1.89. The molecule has 0 unspecified atom stereocenters. The zero-order valence-corrected chi connectivity index (χ0v) is 9.60. The standard InChI is InChI=1S/2C4H9.Sn/c2*1-3-4-2;/h2*1,3-4H2,2H3;/q;;+1. The summed E-state index contributed by atoms with van der Waals surface area (Å²) in [6.45, 7) is 4.58. The Morgan fingerprint density at radius 3 is 1.67 bits per heavy atom. The predicted molar refractivity (Wildman–Crippen MR) is 45.2 cm³/mol. The van der Waals surface area contributed by atoms with Gasteiger partial charge in [0.1, 0.15) is 0 Å². The third kappa shape index (κ3) is 8.80. The summed E-state index contributed by atoms with van der Waals surface area (Å²) < 4.78 is 3.25. The van der Waals surface area contributed by atoms with Crippen LogP contribution in [0.15, 0.2) is 0 Å². The first kappa shape index (κ1) is 9.80. The molecule has 0 rings (SSSR count). The molecule has 0 bridgehead atoms. The van der Waals surface area contributed by atoms with E-state index in [-0.39, 0.29) is 21.1 Å². The summed E-state index contributed by atoms with van der Waals surface area (Å²) in [4.78, 5) is 0. The van der Waals surface area contributed by atoms with Crippen LogP contribution in [0.1, 0.15) is 39.5 Å². The molecular formula is C8H18Sn+. The van der Waals surface area contributed by atoms with Crippen molar-refractivity contribution in [3.05, 3.63) is 0 Å². The van der Waals surface area contributed by atoms with Crippen LogP contribution in [0.5, 0.6) is 0 Å². The third-order valence-electron chi connectivity index (χ3n) is 1.41. The van der Waals surface area contributed by atoms with E-state index in [0.29, 0.717) is 0 Å². The van der Waals surface area contributed by atoms with Crippen molar-refractivity contribution < 1.29 is 0 Å². The number of unbranched alkanes of at least 4 members (excludes halogenated alkanes) is 2. The van der Waals surface area contributed by atoms with Crippen LogP contribution in [-0.2, 0) is 0 Å². The molecule has 0 fully saturated rings. The van der Waals surface area contributed by atoms with Crippen molar-refractivity contribution in [3.8, 4) is 0 Å². The van der Waals surface area contributed by atoms with Crippen LogP contribution in [0.2, 0.25) is 8.87 Å². The van der Waals surface area contributed by atoms with E-state index in [9.17, 15) is 0 Å².